The summed E-state index contributed by atoms with van der Waals surface area (Å²) in [6.45, 7) is 2.39. The standard InChI is InChI=1S/C14H15N5O2/c1-10-7-11(21-2)3-4-12(10)19-13(16-17-14(19)20)8-18-6-5-15-9-18/h3-7,9H,8H2,1-2H3,(H,17,20). The van der Waals surface area contributed by atoms with Crippen LogP contribution in [0.1, 0.15) is 11.4 Å². The molecule has 0 aliphatic carbocycles. The van der Waals surface area contributed by atoms with E-state index in [1.807, 2.05) is 35.9 Å². The zero-order chi connectivity index (χ0) is 14.8. The number of aryl methyl sites for hydroxylation is 1. The highest BCUT2D eigenvalue weighted by Crippen LogP contribution is 2.20. The van der Waals surface area contributed by atoms with Gasteiger partial charge in [0.1, 0.15) is 5.75 Å². The van der Waals surface area contributed by atoms with Gasteiger partial charge in [0.15, 0.2) is 5.82 Å². The number of nitrogens with one attached hydrogen (secondary N) is 1. The van der Waals surface area contributed by atoms with Crippen molar-refractivity contribution in [2.75, 3.05) is 7.11 Å². The second-order valence-corrected chi connectivity index (χ2v) is 4.67. The van der Waals surface area contributed by atoms with Crippen LogP contribution in [0.4, 0.5) is 0 Å². The molecule has 0 saturated carbocycles. The maximum atomic E-state index is 12.1. The molecule has 0 aliphatic rings. The van der Waals surface area contributed by atoms with Crippen LogP contribution in [0.2, 0.25) is 0 Å². The van der Waals surface area contributed by atoms with E-state index in [9.17, 15) is 4.79 Å². The third-order valence-corrected chi connectivity index (χ3v) is 3.27. The Balaban J connectivity index is 2.06. The zero-order valence-electron chi connectivity index (χ0n) is 11.8. The summed E-state index contributed by atoms with van der Waals surface area (Å²) in [4.78, 5) is 16.1. The van der Waals surface area contributed by atoms with Crippen LogP contribution in [-0.4, -0.2) is 31.4 Å². The third kappa shape index (κ3) is 2.45. The van der Waals surface area contributed by atoms with Gasteiger partial charge in [-0.15, -0.1) is 0 Å². The number of methoxy groups -OCH3 is 1. The lowest BCUT2D eigenvalue weighted by Gasteiger charge is -2.10. The van der Waals surface area contributed by atoms with Crippen molar-refractivity contribution in [3.8, 4) is 11.4 Å². The smallest absolute Gasteiger partial charge is 0.348 e. The van der Waals surface area contributed by atoms with Gasteiger partial charge in [0.25, 0.3) is 0 Å². The van der Waals surface area contributed by atoms with E-state index in [2.05, 4.69) is 15.2 Å². The van der Waals surface area contributed by atoms with E-state index < -0.39 is 0 Å². The Morgan fingerprint density at radius 1 is 1.38 bits per heavy atom. The number of hydrogen-bond acceptors (Lipinski definition) is 4. The Morgan fingerprint density at radius 2 is 2.24 bits per heavy atom. The fourth-order valence-electron chi connectivity index (χ4n) is 2.23. The predicted octanol–water partition coefficient (Wildman–Crippen LogP) is 1.12. The molecule has 0 amide bonds. The number of H-pyrrole nitrogens is 1. The highest BCUT2D eigenvalue weighted by Gasteiger charge is 2.13. The van der Waals surface area contributed by atoms with Gasteiger partial charge in [-0.3, -0.25) is 0 Å². The number of rotatable bonds is 4. The quantitative estimate of drug-likeness (QED) is 0.779. The number of hydrogen-bond donors (Lipinski definition) is 1. The van der Waals surface area contributed by atoms with E-state index in [0.717, 1.165) is 17.0 Å². The molecule has 7 heteroatoms. The summed E-state index contributed by atoms with van der Waals surface area (Å²) < 4.78 is 8.61. The molecule has 3 aromatic rings. The summed E-state index contributed by atoms with van der Waals surface area (Å²) >= 11 is 0. The molecule has 108 valence electrons. The van der Waals surface area contributed by atoms with Crippen molar-refractivity contribution in [2.45, 2.75) is 13.5 Å². The average Bonchev–Trinajstić information content (AvgIpc) is 3.10. The Bertz CT molecular complexity index is 801. The Labute approximate surface area is 120 Å². The van der Waals surface area contributed by atoms with E-state index in [0.29, 0.717) is 12.4 Å². The van der Waals surface area contributed by atoms with Crippen LogP contribution in [0, 0.1) is 6.92 Å². The second-order valence-electron chi connectivity index (χ2n) is 4.67. The van der Waals surface area contributed by atoms with Crippen molar-refractivity contribution in [1.82, 2.24) is 24.3 Å². The van der Waals surface area contributed by atoms with Crippen LogP contribution < -0.4 is 10.4 Å². The molecular formula is C14H15N5O2. The first-order valence-corrected chi connectivity index (χ1v) is 6.46. The largest absolute Gasteiger partial charge is 0.497 e. The maximum absolute atomic E-state index is 12.1. The van der Waals surface area contributed by atoms with Crippen LogP contribution >= 0.6 is 0 Å². The first-order valence-electron chi connectivity index (χ1n) is 6.46. The van der Waals surface area contributed by atoms with E-state index in [1.165, 1.54) is 0 Å². The molecule has 7 nitrogen and oxygen atoms in total. The molecule has 2 heterocycles. The fraction of sp³-hybridized carbons (Fsp3) is 0.214. The number of ether oxygens (including phenoxy) is 1. The molecule has 0 spiro atoms. The molecule has 1 aromatic carbocycles. The molecule has 0 atom stereocenters. The lowest BCUT2D eigenvalue weighted by molar-refractivity contribution is 0.414. The highest BCUT2D eigenvalue weighted by atomic mass is 16.5. The number of aromatic nitrogens is 5. The minimum Gasteiger partial charge on any atom is -0.497 e. The van der Waals surface area contributed by atoms with Gasteiger partial charge in [-0.2, -0.15) is 5.10 Å². The van der Waals surface area contributed by atoms with Crippen molar-refractivity contribution in [2.24, 2.45) is 0 Å². The topological polar surface area (TPSA) is 77.7 Å². The zero-order valence-corrected chi connectivity index (χ0v) is 11.8. The minimum atomic E-state index is -0.265. The summed E-state index contributed by atoms with van der Waals surface area (Å²) in [6.07, 6.45) is 5.20. The van der Waals surface area contributed by atoms with Crippen molar-refractivity contribution in [3.05, 3.63) is 58.8 Å². The number of aromatic amines is 1. The van der Waals surface area contributed by atoms with Gasteiger partial charge in [0.2, 0.25) is 0 Å². The minimum absolute atomic E-state index is 0.265. The number of imidazole rings is 1. The Kier molecular flexibility index (Phi) is 3.31. The van der Waals surface area contributed by atoms with Gasteiger partial charge in [-0.25, -0.2) is 19.4 Å². The monoisotopic (exact) mass is 285 g/mol. The van der Waals surface area contributed by atoms with E-state index in [-0.39, 0.29) is 5.69 Å². The molecule has 1 N–H and O–H groups in total. The second kappa shape index (κ2) is 5.28. The van der Waals surface area contributed by atoms with Gasteiger partial charge in [0, 0.05) is 12.4 Å². The maximum Gasteiger partial charge on any atom is 0.348 e. The summed E-state index contributed by atoms with van der Waals surface area (Å²) in [5, 5.41) is 6.59. The average molecular weight is 285 g/mol. The molecule has 0 fully saturated rings. The SMILES string of the molecule is COc1ccc(-n2c(Cn3ccnc3)n[nH]c2=O)c(C)c1. The molecule has 0 bridgehead atoms. The van der Waals surface area contributed by atoms with Gasteiger partial charge < -0.3 is 9.30 Å². The Morgan fingerprint density at radius 3 is 2.90 bits per heavy atom. The van der Waals surface area contributed by atoms with Crippen LogP contribution in [0.5, 0.6) is 5.75 Å². The van der Waals surface area contributed by atoms with Crippen LogP contribution in [0.15, 0.2) is 41.7 Å². The molecule has 2 aromatic heterocycles. The van der Waals surface area contributed by atoms with Crippen molar-refractivity contribution in [3.63, 3.8) is 0 Å². The van der Waals surface area contributed by atoms with E-state index in [1.54, 1.807) is 24.2 Å². The summed E-state index contributed by atoms with van der Waals surface area (Å²) in [5.74, 6) is 1.37. The van der Waals surface area contributed by atoms with E-state index >= 15 is 0 Å². The molecule has 0 saturated heterocycles. The molecule has 3 rings (SSSR count). The van der Waals surface area contributed by atoms with Gasteiger partial charge in [0.05, 0.1) is 25.7 Å². The molecule has 0 aliphatic heterocycles. The summed E-state index contributed by atoms with van der Waals surface area (Å²) in [7, 11) is 1.61. The van der Waals surface area contributed by atoms with Crippen molar-refractivity contribution >= 4 is 0 Å². The van der Waals surface area contributed by atoms with E-state index in [4.69, 9.17) is 4.74 Å². The molecule has 21 heavy (non-hydrogen) atoms. The highest BCUT2D eigenvalue weighted by molar-refractivity contribution is 5.45. The van der Waals surface area contributed by atoms with Crippen molar-refractivity contribution < 1.29 is 4.74 Å². The van der Waals surface area contributed by atoms with Crippen molar-refractivity contribution in [1.29, 1.82) is 0 Å². The Hall–Kier alpha value is -2.83. The third-order valence-electron chi connectivity index (χ3n) is 3.27. The van der Waals surface area contributed by atoms with Crippen LogP contribution in [0.25, 0.3) is 5.69 Å². The predicted molar refractivity (Wildman–Crippen MR) is 76.8 cm³/mol. The molecule has 0 unspecified atom stereocenters. The van der Waals surface area contributed by atoms with Gasteiger partial charge in [-0.1, -0.05) is 0 Å². The molecular weight excluding hydrogens is 270 g/mol. The lowest BCUT2D eigenvalue weighted by Crippen LogP contribution is -2.19. The van der Waals surface area contributed by atoms with Gasteiger partial charge in [-0.05, 0) is 30.7 Å². The first-order chi connectivity index (χ1) is 10.2. The summed E-state index contributed by atoms with van der Waals surface area (Å²) in [5.41, 5.74) is 1.45. The first kappa shape index (κ1) is 13.2. The van der Waals surface area contributed by atoms with Crippen LogP contribution in [-0.2, 0) is 6.54 Å². The number of nitrogens with zero attached hydrogens (tertiary/aromatic N) is 4. The molecule has 0 radical (unpaired) electrons. The van der Waals surface area contributed by atoms with Gasteiger partial charge >= 0.3 is 5.69 Å². The van der Waals surface area contributed by atoms with Crippen LogP contribution in [0.3, 0.4) is 0 Å². The normalized spacial score (nSPS) is 10.8. The summed E-state index contributed by atoms with van der Waals surface area (Å²) in [6, 6.07) is 5.56. The lowest BCUT2D eigenvalue weighted by atomic mass is 10.2. The number of benzene rings is 1. The fourth-order valence-corrected chi connectivity index (χ4v) is 2.23.